The Kier molecular flexibility index (Phi) is 4.60. The fraction of sp³-hybridized carbons (Fsp3) is 0.824. The van der Waals surface area contributed by atoms with Gasteiger partial charge in [0.25, 0.3) is 5.91 Å². The van der Waals surface area contributed by atoms with Crippen molar-refractivity contribution in [2.75, 3.05) is 0 Å². The van der Waals surface area contributed by atoms with Gasteiger partial charge in [0.1, 0.15) is 11.6 Å². The summed E-state index contributed by atoms with van der Waals surface area (Å²) in [5.74, 6) is -0.0320. The highest BCUT2D eigenvalue weighted by molar-refractivity contribution is 6.07. The van der Waals surface area contributed by atoms with Crippen molar-refractivity contribution >= 4 is 17.9 Å². The van der Waals surface area contributed by atoms with Gasteiger partial charge in [-0.3, -0.25) is 14.9 Å². The molecule has 0 bridgehead atoms. The van der Waals surface area contributed by atoms with Crippen LogP contribution in [0.5, 0.6) is 0 Å². The Morgan fingerprint density at radius 2 is 1.87 bits per heavy atom. The fourth-order valence-corrected chi connectivity index (χ4v) is 4.27. The number of amides is 3. The molecule has 128 valence electrons. The van der Waals surface area contributed by atoms with Gasteiger partial charge in [0.2, 0.25) is 0 Å². The lowest BCUT2D eigenvalue weighted by atomic mass is 9.76. The lowest BCUT2D eigenvalue weighted by Crippen LogP contribution is -2.50. The number of imide groups is 1. The summed E-state index contributed by atoms with van der Waals surface area (Å²) in [6.07, 6.45) is 7.80. The molecular weight excluding hydrogens is 296 g/mol. The summed E-state index contributed by atoms with van der Waals surface area (Å²) in [5.41, 5.74) is -0.801. The van der Waals surface area contributed by atoms with Crippen LogP contribution in [0.1, 0.15) is 64.7 Å². The first kappa shape index (κ1) is 16.3. The molecule has 6 heteroatoms. The number of urea groups is 1. The third kappa shape index (κ3) is 3.21. The molecule has 1 aliphatic heterocycles. The molecule has 0 aromatic rings. The average Bonchev–Trinajstić information content (AvgIpc) is 2.82. The molecule has 1 spiro atoms. The Morgan fingerprint density at radius 1 is 1.17 bits per heavy atom. The van der Waals surface area contributed by atoms with Crippen LogP contribution in [-0.2, 0) is 14.3 Å². The Bertz CT molecular complexity index is 497. The van der Waals surface area contributed by atoms with Gasteiger partial charge in [-0.15, -0.1) is 0 Å². The molecule has 23 heavy (non-hydrogen) atoms. The van der Waals surface area contributed by atoms with Crippen LogP contribution >= 0.6 is 0 Å². The van der Waals surface area contributed by atoms with Crippen molar-refractivity contribution < 1.29 is 19.1 Å². The SMILES string of the molecule is CCC1CCCCC1OC(=O)C1CCC2(CC1)NC(=O)NC2=O. The van der Waals surface area contributed by atoms with Gasteiger partial charge in [-0.05, 0) is 57.3 Å². The van der Waals surface area contributed by atoms with Gasteiger partial charge < -0.3 is 10.1 Å². The van der Waals surface area contributed by atoms with Crippen molar-refractivity contribution in [3.8, 4) is 0 Å². The van der Waals surface area contributed by atoms with Crippen LogP contribution < -0.4 is 10.6 Å². The summed E-state index contributed by atoms with van der Waals surface area (Å²) in [7, 11) is 0. The first-order chi connectivity index (χ1) is 11.0. The van der Waals surface area contributed by atoms with E-state index in [9.17, 15) is 14.4 Å². The molecule has 2 unspecified atom stereocenters. The van der Waals surface area contributed by atoms with Crippen molar-refractivity contribution in [3.05, 3.63) is 0 Å². The Labute approximate surface area is 136 Å². The largest absolute Gasteiger partial charge is 0.462 e. The second kappa shape index (κ2) is 6.49. The second-order valence-electron chi connectivity index (χ2n) is 7.19. The first-order valence-corrected chi connectivity index (χ1v) is 8.88. The summed E-state index contributed by atoms with van der Waals surface area (Å²) in [4.78, 5) is 35.7. The fourth-order valence-electron chi connectivity index (χ4n) is 4.27. The molecule has 1 saturated heterocycles. The van der Waals surface area contributed by atoms with E-state index in [2.05, 4.69) is 17.6 Å². The van der Waals surface area contributed by atoms with Crippen molar-refractivity contribution in [2.24, 2.45) is 11.8 Å². The van der Waals surface area contributed by atoms with Gasteiger partial charge in [-0.2, -0.15) is 0 Å². The molecule has 1 heterocycles. The van der Waals surface area contributed by atoms with Gasteiger partial charge >= 0.3 is 12.0 Å². The standard InChI is InChI=1S/C17H26N2O4/c1-2-11-5-3-4-6-13(11)23-14(20)12-7-9-17(10-8-12)15(21)18-16(22)19-17/h11-13H,2-10H2,1H3,(H2,18,19,21,22). The summed E-state index contributed by atoms with van der Waals surface area (Å²) >= 11 is 0. The van der Waals surface area contributed by atoms with E-state index in [1.54, 1.807) is 0 Å². The molecule has 2 saturated carbocycles. The zero-order valence-corrected chi connectivity index (χ0v) is 13.7. The van der Waals surface area contributed by atoms with Crippen LogP contribution in [0.4, 0.5) is 4.79 Å². The van der Waals surface area contributed by atoms with E-state index in [-0.39, 0.29) is 23.9 Å². The Hall–Kier alpha value is -1.59. The van der Waals surface area contributed by atoms with Crippen LogP contribution in [-0.4, -0.2) is 29.6 Å². The van der Waals surface area contributed by atoms with E-state index in [0.29, 0.717) is 31.6 Å². The molecular formula is C17H26N2O4. The van der Waals surface area contributed by atoms with Gasteiger partial charge in [-0.25, -0.2) is 4.79 Å². The van der Waals surface area contributed by atoms with Crippen molar-refractivity contribution in [2.45, 2.75) is 76.4 Å². The van der Waals surface area contributed by atoms with E-state index in [0.717, 1.165) is 25.7 Å². The van der Waals surface area contributed by atoms with Gasteiger partial charge in [0.15, 0.2) is 0 Å². The van der Waals surface area contributed by atoms with Crippen LogP contribution in [0, 0.1) is 11.8 Å². The smallest absolute Gasteiger partial charge is 0.322 e. The predicted octanol–water partition coefficient (Wildman–Crippen LogP) is 2.27. The number of esters is 1. The zero-order valence-electron chi connectivity index (χ0n) is 13.7. The number of hydrogen-bond donors (Lipinski definition) is 2. The maximum absolute atomic E-state index is 12.5. The minimum absolute atomic E-state index is 0.0617. The third-order valence-corrected chi connectivity index (χ3v) is 5.82. The summed E-state index contributed by atoms with van der Waals surface area (Å²) in [5, 5.41) is 5.02. The van der Waals surface area contributed by atoms with Crippen LogP contribution in [0.3, 0.4) is 0 Å². The molecule has 0 radical (unpaired) electrons. The molecule has 0 aromatic carbocycles. The van der Waals surface area contributed by atoms with Gasteiger partial charge in [0, 0.05) is 0 Å². The topological polar surface area (TPSA) is 84.5 Å². The van der Waals surface area contributed by atoms with Crippen molar-refractivity contribution in [1.82, 2.24) is 10.6 Å². The van der Waals surface area contributed by atoms with E-state index < -0.39 is 11.6 Å². The summed E-state index contributed by atoms with van der Waals surface area (Å²) in [6, 6.07) is -0.427. The number of carbonyl (C=O) groups excluding carboxylic acids is 3. The molecule has 2 N–H and O–H groups in total. The molecule has 0 aromatic heterocycles. The minimum Gasteiger partial charge on any atom is -0.462 e. The maximum Gasteiger partial charge on any atom is 0.322 e. The summed E-state index contributed by atoms with van der Waals surface area (Å²) in [6.45, 7) is 2.16. The van der Waals surface area contributed by atoms with Crippen molar-refractivity contribution in [1.29, 1.82) is 0 Å². The van der Waals surface area contributed by atoms with Crippen LogP contribution in [0.2, 0.25) is 0 Å². The number of carbonyl (C=O) groups is 3. The Balaban J connectivity index is 1.54. The number of hydrogen-bond acceptors (Lipinski definition) is 4. The highest BCUT2D eigenvalue weighted by Crippen LogP contribution is 2.36. The first-order valence-electron chi connectivity index (χ1n) is 8.88. The number of nitrogens with one attached hydrogen (secondary N) is 2. The van der Waals surface area contributed by atoms with Crippen LogP contribution in [0.25, 0.3) is 0 Å². The zero-order chi connectivity index (χ0) is 16.4. The molecule has 2 atom stereocenters. The van der Waals surface area contributed by atoms with E-state index in [1.807, 2.05) is 0 Å². The maximum atomic E-state index is 12.5. The Morgan fingerprint density at radius 3 is 2.48 bits per heavy atom. The number of rotatable bonds is 3. The second-order valence-corrected chi connectivity index (χ2v) is 7.19. The molecule has 6 nitrogen and oxygen atoms in total. The lowest BCUT2D eigenvalue weighted by Gasteiger charge is -2.35. The van der Waals surface area contributed by atoms with Gasteiger partial charge in [-0.1, -0.05) is 13.3 Å². The summed E-state index contributed by atoms with van der Waals surface area (Å²) < 4.78 is 5.81. The van der Waals surface area contributed by atoms with Gasteiger partial charge in [0.05, 0.1) is 5.92 Å². The molecule has 3 amide bonds. The highest BCUT2D eigenvalue weighted by atomic mass is 16.5. The lowest BCUT2D eigenvalue weighted by molar-refractivity contribution is -0.160. The highest BCUT2D eigenvalue weighted by Gasteiger charge is 2.49. The van der Waals surface area contributed by atoms with E-state index in [4.69, 9.17) is 4.74 Å². The molecule has 3 rings (SSSR count). The van der Waals surface area contributed by atoms with E-state index in [1.165, 1.54) is 6.42 Å². The van der Waals surface area contributed by atoms with Crippen molar-refractivity contribution in [3.63, 3.8) is 0 Å². The number of ether oxygens (including phenoxy) is 1. The molecule has 3 aliphatic rings. The predicted molar refractivity (Wildman–Crippen MR) is 83.5 cm³/mol. The minimum atomic E-state index is -0.801. The average molecular weight is 322 g/mol. The van der Waals surface area contributed by atoms with Crippen LogP contribution in [0.15, 0.2) is 0 Å². The molecule has 3 fully saturated rings. The quantitative estimate of drug-likeness (QED) is 0.616. The molecule has 2 aliphatic carbocycles. The monoisotopic (exact) mass is 322 g/mol. The van der Waals surface area contributed by atoms with E-state index >= 15 is 0 Å². The normalized spacial score (nSPS) is 37.3. The third-order valence-electron chi connectivity index (χ3n) is 5.82.